The third kappa shape index (κ3) is 2.52. The van der Waals surface area contributed by atoms with Gasteiger partial charge in [0.25, 0.3) is 0 Å². The molecule has 1 N–H and O–H groups in total. The summed E-state index contributed by atoms with van der Waals surface area (Å²) in [7, 11) is -3.69. The summed E-state index contributed by atoms with van der Waals surface area (Å²) >= 11 is 0. The minimum atomic E-state index is -3.69. The summed E-state index contributed by atoms with van der Waals surface area (Å²) in [5, 5.41) is 9.09. The fourth-order valence-corrected chi connectivity index (χ4v) is 4.44. The summed E-state index contributed by atoms with van der Waals surface area (Å²) in [5.41, 5.74) is 0.379. The minimum absolute atomic E-state index is 0.0368. The molecule has 1 heterocycles. The third-order valence-electron chi connectivity index (χ3n) is 3.62. The van der Waals surface area contributed by atoms with E-state index in [1.54, 1.807) is 0 Å². The van der Waals surface area contributed by atoms with E-state index in [4.69, 9.17) is 5.11 Å². The van der Waals surface area contributed by atoms with Gasteiger partial charge in [-0.05, 0) is 44.4 Å². The van der Waals surface area contributed by atoms with E-state index in [0.29, 0.717) is 6.54 Å². The number of nitrogens with zero attached hydrogens (tertiary/aromatic N) is 1. The Balaban J connectivity index is 2.54. The summed E-state index contributed by atoms with van der Waals surface area (Å²) in [6, 6.07) is 2.46. The van der Waals surface area contributed by atoms with E-state index in [0.717, 1.165) is 12.8 Å². The highest BCUT2D eigenvalue weighted by Crippen LogP contribution is 2.29. The van der Waals surface area contributed by atoms with Gasteiger partial charge in [0.05, 0.1) is 11.5 Å². The van der Waals surface area contributed by atoms with Crippen LogP contribution in [0.2, 0.25) is 0 Å². The number of hydrogen-bond acceptors (Lipinski definition) is 3. The fourth-order valence-electron chi connectivity index (χ4n) is 2.46. The first-order valence-electron chi connectivity index (χ1n) is 6.29. The van der Waals surface area contributed by atoms with Crippen molar-refractivity contribution in [1.29, 1.82) is 0 Å². The lowest BCUT2D eigenvalue weighted by Gasteiger charge is -2.22. The topological polar surface area (TPSA) is 57.6 Å². The van der Waals surface area contributed by atoms with Crippen LogP contribution in [-0.4, -0.2) is 30.4 Å². The highest BCUT2D eigenvalue weighted by atomic mass is 32.2. The van der Waals surface area contributed by atoms with Crippen LogP contribution in [0.5, 0.6) is 0 Å². The monoisotopic (exact) mass is 287 g/mol. The molecule has 1 aromatic rings. The Bertz CT molecular complexity index is 586. The zero-order chi connectivity index (χ0) is 14.2. The van der Waals surface area contributed by atoms with Crippen molar-refractivity contribution in [3.05, 3.63) is 29.1 Å². The van der Waals surface area contributed by atoms with Crippen LogP contribution in [0.25, 0.3) is 0 Å². The molecule has 4 nitrogen and oxygen atoms in total. The van der Waals surface area contributed by atoms with Gasteiger partial charge in [0, 0.05) is 18.2 Å². The highest BCUT2D eigenvalue weighted by molar-refractivity contribution is 7.89. The van der Waals surface area contributed by atoms with Gasteiger partial charge < -0.3 is 5.11 Å². The van der Waals surface area contributed by atoms with Crippen LogP contribution in [0.4, 0.5) is 4.39 Å². The Morgan fingerprint density at radius 3 is 2.68 bits per heavy atom. The number of benzene rings is 1. The number of halogens is 1. The van der Waals surface area contributed by atoms with Crippen LogP contribution < -0.4 is 0 Å². The quantitative estimate of drug-likeness (QED) is 0.922. The maximum Gasteiger partial charge on any atom is 0.243 e. The van der Waals surface area contributed by atoms with Gasteiger partial charge in [0.2, 0.25) is 10.0 Å². The van der Waals surface area contributed by atoms with Crippen LogP contribution in [-0.2, 0) is 16.6 Å². The zero-order valence-electron chi connectivity index (χ0n) is 11.1. The average Bonchev–Trinajstić information content (AvgIpc) is 2.79. The molecule has 0 spiro atoms. The van der Waals surface area contributed by atoms with Gasteiger partial charge in [-0.1, -0.05) is 0 Å². The second-order valence-corrected chi connectivity index (χ2v) is 6.82. The minimum Gasteiger partial charge on any atom is -0.392 e. The first kappa shape index (κ1) is 14.4. The molecule has 1 aliphatic heterocycles. The molecule has 1 unspecified atom stereocenters. The smallest absolute Gasteiger partial charge is 0.243 e. The van der Waals surface area contributed by atoms with E-state index < -0.39 is 15.8 Å². The molecule has 1 saturated heterocycles. The molecule has 0 amide bonds. The molecule has 0 saturated carbocycles. The molecule has 1 aromatic carbocycles. The molecule has 1 atom stereocenters. The molecular formula is C13H18FNO3S. The zero-order valence-corrected chi connectivity index (χ0v) is 11.9. The molecule has 2 rings (SSSR count). The maximum atomic E-state index is 13.7. The molecule has 19 heavy (non-hydrogen) atoms. The first-order valence-corrected chi connectivity index (χ1v) is 7.73. The van der Waals surface area contributed by atoms with Gasteiger partial charge in [-0.15, -0.1) is 0 Å². The van der Waals surface area contributed by atoms with Crippen LogP contribution in [0.15, 0.2) is 17.0 Å². The Labute approximate surface area is 112 Å². The van der Waals surface area contributed by atoms with Gasteiger partial charge in [-0.25, -0.2) is 12.8 Å². The number of sulfonamides is 1. The molecule has 0 radical (unpaired) electrons. The fraction of sp³-hybridized carbons (Fsp3) is 0.538. The predicted octanol–water partition coefficient (Wildman–Crippen LogP) is 1.80. The molecule has 6 heteroatoms. The van der Waals surface area contributed by atoms with E-state index in [-0.39, 0.29) is 28.7 Å². The number of rotatable bonds is 3. The number of aliphatic hydroxyl groups is 1. The second kappa shape index (κ2) is 5.19. The van der Waals surface area contributed by atoms with Crippen molar-refractivity contribution < 1.29 is 17.9 Å². The van der Waals surface area contributed by atoms with E-state index in [1.165, 1.54) is 23.4 Å². The summed E-state index contributed by atoms with van der Waals surface area (Å²) in [6.07, 6.45) is 1.64. The van der Waals surface area contributed by atoms with Crippen molar-refractivity contribution in [2.75, 3.05) is 6.54 Å². The first-order chi connectivity index (χ1) is 8.87. The van der Waals surface area contributed by atoms with Gasteiger partial charge in [-0.2, -0.15) is 4.31 Å². The summed E-state index contributed by atoms with van der Waals surface area (Å²) in [4.78, 5) is -0.0368. The van der Waals surface area contributed by atoms with Gasteiger partial charge >= 0.3 is 0 Å². The lowest BCUT2D eigenvalue weighted by atomic mass is 10.1. The predicted molar refractivity (Wildman–Crippen MR) is 69.6 cm³/mol. The largest absolute Gasteiger partial charge is 0.392 e. The van der Waals surface area contributed by atoms with Gasteiger partial charge in [-0.3, -0.25) is 0 Å². The lowest BCUT2D eigenvalue weighted by molar-refractivity contribution is 0.280. The Morgan fingerprint density at radius 1 is 1.47 bits per heavy atom. The second-order valence-electron chi connectivity index (χ2n) is 4.97. The van der Waals surface area contributed by atoms with Crippen molar-refractivity contribution in [2.45, 2.75) is 44.2 Å². The maximum absolute atomic E-state index is 13.7. The summed E-state index contributed by atoms with van der Waals surface area (Å²) in [5.74, 6) is -0.600. The van der Waals surface area contributed by atoms with E-state index in [1.807, 2.05) is 6.92 Å². The molecule has 0 bridgehead atoms. The normalized spacial score (nSPS) is 20.9. The number of aliphatic hydroxyl groups excluding tert-OH is 1. The van der Waals surface area contributed by atoms with E-state index in [2.05, 4.69) is 0 Å². The van der Waals surface area contributed by atoms with Crippen molar-refractivity contribution in [3.63, 3.8) is 0 Å². The van der Waals surface area contributed by atoms with Crippen molar-refractivity contribution in [3.8, 4) is 0 Å². The Kier molecular flexibility index (Phi) is 3.94. The van der Waals surface area contributed by atoms with Crippen molar-refractivity contribution in [2.24, 2.45) is 0 Å². The van der Waals surface area contributed by atoms with Gasteiger partial charge in [0.1, 0.15) is 5.82 Å². The molecule has 1 fully saturated rings. The standard InChI is InChI=1S/C13H18FNO3S/c1-9-4-3-5-15(9)19(17,18)13-7-11(8-16)6-12(14)10(13)2/h6-7,9,16H,3-5,8H2,1-2H3. The number of hydrogen-bond donors (Lipinski definition) is 1. The van der Waals surface area contributed by atoms with Gasteiger partial charge in [0.15, 0.2) is 0 Å². The van der Waals surface area contributed by atoms with Crippen molar-refractivity contribution >= 4 is 10.0 Å². The highest BCUT2D eigenvalue weighted by Gasteiger charge is 2.34. The van der Waals surface area contributed by atoms with Crippen LogP contribution in [0.3, 0.4) is 0 Å². The molecule has 0 aliphatic carbocycles. The Hall–Kier alpha value is -0.980. The van der Waals surface area contributed by atoms with Crippen LogP contribution in [0.1, 0.15) is 30.9 Å². The molecule has 106 valence electrons. The van der Waals surface area contributed by atoms with E-state index in [9.17, 15) is 12.8 Å². The molecular weight excluding hydrogens is 269 g/mol. The average molecular weight is 287 g/mol. The lowest BCUT2D eigenvalue weighted by Crippen LogP contribution is -2.34. The third-order valence-corrected chi connectivity index (χ3v) is 5.76. The molecule has 0 aromatic heterocycles. The Morgan fingerprint density at radius 2 is 2.16 bits per heavy atom. The summed E-state index contributed by atoms with van der Waals surface area (Å²) in [6.45, 7) is 3.39. The van der Waals surface area contributed by atoms with Crippen LogP contribution in [0, 0.1) is 12.7 Å². The molecule has 1 aliphatic rings. The van der Waals surface area contributed by atoms with Crippen molar-refractivity contribution in [1.82, 2.24) is 4.31 Å². The van der Waals surface area contributed by atoms with Crippen LogP contribution >= 0.6 is 0 Å². The SMILES string of the molecule is Cc1c(F)cc(CO)cc1S(=O)(=O)N1CCCC1C. The summed E-state index contributed by atoms with van der Waals surface area (Å²) < 4.78 is 40.3. The van der Waals surface area contributed by atoms with E-state index >= 15 is 0 Å².